The van der Waals surface area contributed by atoms with Crippen LogP contribution in [0.5, 0.6) is 0 Å². The van der Waals surface area contributed by atoms with Crippen LogP contribution in [0.4, 0.5) is 5.82 Å². The first-order chi connectivity index (χ1) is 8.70. The van der Waals surface area contributed by atoms with Gasteiger partial charge in [0.2, 0.25) is 0 Å². The summed E-state index contributed by atoms with van der Waals surface area (Å²) in [7, 11) is 0. The van der Waals surface area contributed by atoms with Crippen molar-refractivity contribution in [2.24, 2.45) is 5.92 Å². The Morgan fingerprint density at radius 2 is 2.17 bits per heavy atom. The second kappa shape index (κ2) is 5.85. The van der Waals surface area contributed by atoms with Crippen molar-refractivity contribution in [3.8, 4) is 0 Å². The first-order valence-electron chi connectivity index (χ1n) is 6.59. The van der Waals surface area contributed by atoms with Gasteiger partial charge in [-0.1, -0.05) is 6.92 Å². The van der Waals surface area contributed by atoms with Gasteiger partial charge in [0.25, 0.3) is 0 Å². The summed E-state index contributed by atoms with van der Waals surface area (Å²) in [4.78, 5) is 18.1. The maximum atomic E-state index is 11.5. The molecule has 0 bridgehead atoms. The molecule has 0 amide bonds. The second-order valence-corrected chi connectivity index (χ2v) is 4.80. The zero-order valence-electron chi connectivity index (χ0n) is 11.1. The second-order valence-electron chi connectivity index (χ2n) is 4.80. The van der Waals surface area contributed by atoms with Gasteiger partial charge >= 0.3 is 5.97 Å². The first-order valence-corrected chi connectivity index (χ1v) is 6.59. The van der Waals surface area contributed by atoms with Crippen LogP contribution in [0, 0.1) is 5.92 Å². The van der Waals surface area contributed by atoms with Gasteiger partial charge in [0.05, 0.1) is 12.2 Å². The maximum absolute atomic E-state index is 11.5. The standard InChI is InChI=1S/C14H20N2O2/c1-3-18-14(17)12-4-5-13(15-10-12)16-8-6-11(2)7-9-16/h4-5,10-11H,3,6-9H2,1-2H3. The van der Waals surface area contributed by atoms with Gasteiger partial charge < -0.3 is 9.64 Å². The minimum atomic E-state index is -0.302. The fourth-order valence-corrected chi connectivity index (χ4v) is 2.15. The van der Waals surface area contributed by atoms with Crippen molar-refractivity contribution in [1.82, 2.24) is 4.98 Å². The Labute approximate surface area is 108 Å². The topological polar surface area (TPSA) is 42.4 Å². The van der Waals surface area contributed by atoms with Crippen LogP contribution >= 0.6 is 0 Å². The van der Waals surface area contributed by atoms with Crippen LogP contribution in [-0.2, 0) is 4.74 Å². The summed E-state index contributed by atoms with van der Waals surface area (Å²) in [6.07, 6.45) is 4.02. The number of carbonyl (C=O) groups excluding carboxylic acids is 1. The van der Waals surface area contributed by atoms with Crippen LogP contribution in [0.15, 0.2) is 18.3 Å². The van der Waals surface area contributed by atoms with Crippen molar-refractivity contribution >= 4 is 11.8 Å². The molecule has 1 aliphatic rings. The number of pyridine rings is 1. The summed E-state index contributed by atoms with van der Waals surface area (Å²) in [5.41, 5.74) is 0.519. The minimum Gasteiger partial charge on any atom is -0.462 e. The van der Waals surface area contributed by atoms with E-state index < -0.39 is 0 Å². The van der Waals surface area contributed by atoms with E-state index in [0.717, 1.165) is 24.8 Å². The average molecular weight is 248 g/mol. The van der Waals surface area contributed by atoms with E-state index in [2.05, 4.69) is 16.8 Å². The van der Waals surface area contributed by atoms with Crippen molar-refractivity contribution < 1.29 is 9.53 Å². The molecule has 0 spiro atoms. The van der Waals surface area contributed by atoms with Gasteiger partial charge in [0.1, 0.15) is 5.82 Å². The van der Waals surface area contributed by atoms with Gasteiger partial charge in [-0.2, -0.15) is 0 Å². The fraction of sp³-hybridized carbons (Fsp3) is 0.571. The molecule has 0 saturated carbocycles. The number of hydrogen-bond acceptors (Lipinski definition) is 4. The molecule has 4 heteroatoms. The van der Waals surface area contributed by atoms with Crippen LogP contribution in [0.2, 0.25) is 0 Å². The van der Waals surface area contributed by atoms with E-state index in [-0.39, 0.29) is 5.97 Å². The third kappa shape index (κ3) is 3.00. The molecule has 1 fully saturated rings. The zero-order valence-corrected chi connectivity index (χ0v) is 11.1. The Hall–Kier alpha value is -1.58. The zero-order chi connectivity index (χ0) is 13.0. The highest BCUT2D eigenvalue weighted by molar-refractivity contribution is 5.89. The van der Waals surface area contributed by atoms with Gasteiger partial charge in [0.15, 0.2) is 0 Å². The molecule has 18 heavy (non-hydrogen) atoms. The maximum Gasteiger partial charge on any atom is 0.339 e. The molecule has 2 heterocycles. The molecule has 0 atom stereocenters. The molecule has 1 aromatic rings. The van der Waals surface area contributed by atoms with Crippen molar-refractivity contribution in [2.45, 2.75) is 26.7 Å². The van der Waals surface area contributed by atoms with Crippen molar-refractivity contribution in [3.63, 3.8) is 0 Å². The SMILES string of the molecule is CCOC(=O)c1ccc(N2CCC(C)CC2)nc1. The van der Waals surface area contributed by atoms with Crippen LogP contribution in [0.1, 0.15) is 37.0 Å². The quantitative estimate of drug-likeness (QED) is 0.771. The summed E-state index contributed by atoms with van der Waals surface area (Å²) in [6.45, 7) is 6.58. The molecule has 0 N–H and O–H groups in total. The number of aromatic nitrogens is 1. The molecule has 0 aromatic carbocycles. The van der Waals surface area contributed by atoms with E-state index in [4.69, 9.17) is 4.74 Å². The lowest BCUT2D eigenvalue weighted by Crippen LogP contribution is -2.33. The minimum absolute atomic E-state index is 0.302. The molecule has 1 aliphatic heterocycles. The van der Waals surface area contributed by atoms with Crippen LogP contribution in [0.3, 0.4) is 0 Å². The van der Waals surface area contributed by atoms with E-state index in [1.807, 2.05) is 6.07 Å². The Balaban J connectivity index is 2.01. The highest BCUT2D eigenvalue weighted by Gasteiger charge is 2.17. The largest absolute Gasteiger partial charge is 0.462 e. The van der Waals surface area contributed by atoms with Gasteiger partial charge in [-0.05, 0) is 37.8 Å². The number of nitrogens with zero attached hydrogens (tertiary/aromatic N) is 2. The summed E-state index contributed by atoms with van der Waals surface area (Å²) in [5.74, 6) is 1.46. The van der Waals surface area contributed by atoms with E-state index in [9.17, 15) is 4.79 Å². The number of hydrogen-bond donors (Lipinski definition) is 0. The predicted octanol–water partition coefficient (Wildman–Crippen LogP) is 2.49. The number of carbonyl (C=O) groups is 1. The van der Waals surface area contributed by atoms with Crippen molar-refractivity contribution in [1.29, 1.82) is 0 Å². The lowest BCUT2D eigenvalue weighted by molar-refractivity contribution is 0.0526. The summed E-state index contributed by atoms with van der Waals surface area (Å²) >= 11 is 0. The highest BCUT2D eigenvalue weighted by atomic mass is 16.5. The molecule has 0 unspecified atom stereocenters. The molecule has 2 rings (SSSR count). The van der Waals surface area contributed by atoms with Crippen LogP contribution < -0.4 is 4.90 Å². The van der Waals surface area contributed by atoms with Crippen LogP contribution in [0.25, 0.3) is 0 Å². The molecular formula is C14H20N2O2. The highest BCUT2D eigenvalue weighted by Crippen LogP contribution is 2.21. The number of ether oxygens (including phenoxy) is 1. The Morgan fingerprint density at radius 1 is 1.44 bits per heavy atom. The molecule has 0 aliphatic carbocycles. The van der Waals surface area contributed by atoms with Gasteiger partial charge in [0, 0.05) is 19.3 Å². The average Bonchev–Trinajstić information content (AvgIpc) is 2.40. The monoisotopic (exact) mass is 248 g/mol. The van der Waals surface area contributed by atoms with Gasteiger partial charge in [-0.25, -0.2) is 9.78 Å². The smallest absolute Gasteiger partial charge is 0.339 e. The van der Waals surface area contributed by atoms with Crippen molar-refractivity contribution in [3.05, 3.63) is 23.9 Å². The van der Waals surface area contributed by atoms with E-state index in [0.29, 0.717) is 12.2 Å². The fourth-order valence-electron chi connectivity index (χ4n) is 2.15. The van der Waals surface area contributed by atoms with Gasteiger partial charge in [-0.3, -0.25) is 0 Å². The summed E-state index contributed by atoms with van der Waals surface area (Å²) in [5, 5.41) is 0. The van der Waals surface area contributed by atoms with Crippen LogP contribution in [-0.4, -0.2) is 30.6 Å². The molecule has 4 nitrogen and oxygen atoms in total. The number of esters is 1. The lowest BCUT2D eigenvalue weighted by atomic mass is 9.99. The number of piperidine rings is 1. The Morgan fingerprint density at radius 3 is 2.72 bits per heavy atom. The first kappa shape index (κ1) is 12.9. The molecule has 1 saturated heterocycles. The van der Waals surface area contributed by atoms with E-state index in [1.165, 1.54) is 12.8 Å². The third-order valence-electron chi connectivity index (χ3n) is 3.37. The summed E-state index contributed by atoms with van der Waals surface area (Å²) in [6, 6.07) is 3.70. The number of rotatable bonds is 3. The molecule has 1 aromatic heterocycles. The van der Waals surface area contributed by atoms with E-state index in [1.54, 1.807) is 19.2 Å². The molecule has 98 valence electrons. The van der Waals surface area contributed by atoms with Gasteiger partial charge in [-0.15, -0.1) is 0 Å². The van der Waals surface area contributed by atoms with E-state index >= 15 is 0 Å². The normalized spacial score (nSPS) is 16.7. The van der Waals surface area contributed by atoms with Crippen molar-refractivity contribution in [2.75, 3.05) is 24.6 Å². The molecular weight excluding hydrogens is 228 g/mol. The Kier molecular flexibility index (Phi) is 4.18. The predicted molar refractivity (Wildman–Crippen MR) is 70.8 cm³/mol. The number of anilines is 1. The lowest BCUT2D eigenvalue weighted by Gasteiger charge is -2.31. The Bertz CT molecular complexity index is 395. The summed E-state index contributed by atoms with van der Waals surface area (Å²) < 4.78 is 4.93. The third-order valence-corrected chi connectivity index (χ3v) is 3.37. The molecule has 0 radical (unpaired) electrons.